The number of carbonyl (C=O) groups is 2. The fourth-order valence-corrected chi connectivity index (χ4v) is 3.73. The Morgan fingerprint density at radius 2 is 1.63 bits per heavy atom. The van der Waals surface area contributed by atoms with Gasteiger partial charge in [0.05, 0.1) is 5.02 Å². The van der Waals surface area contributed by atoms with Crippen LogP contribution < -0.4 is 0 Å². The van der Waals surface area contributed by atoms with Gasteiger partial charge >= 0.3 is 5.97 Å². The van der Waals surface area contributed by atoms with Crippen molar-refractivity contribution in [1.82, 2.24) is 0 Å². The van der Waals surface area contributed by atoms with Crippen LogP contribution >= 0.6 is 11.6 Å². The van der Waals surface area contributed by atoms with E-state index in [-0.39, 0.29) is 18.3 Å². The largest absolute Gasteiger partial charge is 0.460 e. The lowest BCUT2D eigenvalue weighted by Gasteiger charge is -2.22. The number of rotatable bonds is 6. The zero-order chi connectivity index (χ0) is 19.4. The van der Waals surface area contributed by atoms with Gasteiger partial charge in [-0.25, -0.2) is 0 Å². The number of carbonyl (C=O) groups excluding carboxylic acids is 2. The molecule has 0 saturated carbocycles. The molecular formula is C23H21ClO3. The van der Waals surface area contributed by atoms with Crippen molar-refractivity contribution < 1.29 is 14.3 Å². The summed E-state index contributed by atoms with van der Waals surface area (Å²) in [7, 11) is 0. The molecule has 2 unspecified atom stereocenters. The Labute approximate surface area is 163 Å². The standard InChI is InChI=1S/C23H21ClO3/c1-15(19-13-12-18-10-6-7-11-20(18)22(19)24)21(16(2)25)23(26)27-14-17-8-4-3-5-9-17/h3-13,15,21H,14H2,1-2H3. The first-order valence-electron chi connectivity index (χ1n) is 8.87. The molecule has 0 amide bonds. The normalized spacial score (nSPS) is 13.1. The number of ether oxygens (including phenoxy) is 1. The van der Waals surface area contributed by atoms with E-state index in [1.165, 1.54) is 6.92 Å². The Morgan fingerprint density at radius 3 is 2.33 bits per heavy atom. The highest BCUT2D eigenvalue weighted by Crippen LogP contribution is 2.36. The highest BCUT2D eigenvalue weighted by molar-refractivity contribution is 6.36. The first kappa shape index (κ1) is 19.1. The van der Waals surface area contributed by atoms with E-state index in [1.807, 2.05) is 73.7 Å². The average Bonchev–Trinajstić information content (AvgIpc) is 2.67. The van der Waals surface area contributed by atoms with Gasteiger partial charge in [-0.3, -0.25) is 9.59 Å². The van der Waals surface area contributed by atoms with Gasteiger partial charge in [0.1, 0.15) is 18.3 Å². The van der Waals surface area contributed by atoms with Crippen LogP contribution in [0.25, 0.3) is 10.8 Å². The Balaban J connectivity index is 1.85. The lowest BCUT2D eigenvalue weighted by atomic mass is 9.84. The van der Waals surface area contributed by atoms with Gasteiger partial charge in [0.2, 0.25) is 0 Å². The molecule has 0 aliphatic heterocycles. The van der Waals surface area contributed by atoms with Crippen LogP contribution in [-0.4, -0.2) is 11.8 Å². The highest BCUT2D eigenvalue weighted by atomic mass is 35.5. The number of hydrogen-bond donors (Lipinski definition) is 0. The van der Waals surface area contributed by atoms with Gasteiger partial charge in [-0.1, -0.05) is 85.3 Å². The summed E-state index contributed by atoms with van der Waals surface area (Å²) >= 11 is 6.60. The molecule has 0 aliphatic carbocycles. The van der Waals surface area contributed by atoms with Crippen LogP contribution in [0.2, 0.25) is 5.02 Å². The van der Waals surface area contributed by atoms with Crippen LogP contribution in [0.5, 0.6) is 0 Å². The van der Waals surface area contributed by atoms with E-state index in [2.05, 4.69) is 0 Å². The summed E-state index contributed by atoms with van der Waals surface area (Å²) in [4.78, 5) is 24.9. The van der Waals surface area contributed by atoms with Gasteiger partial charge in [0, 0.05) is 11.3 Å². The average molecular weight is 381 g/mol. The second-order valence-electron chi connectivity index (χ2n) is 6.66. The second kappa shape index (κ2) is 8.36. The van der Waals surface area contributed by atoms with Crippen molar-refractivity contribution >= 4 is 34.1 Å². The summed E-state index contributed by atoms with van der Waals surface area (Å²) in [6.45, 7) is 3.40. The highest BCUT2D eigenvalue weighted by Gasteiger charge is 2.33. The third kappa shape index (κ3) is 4.20. The molecule has 3 nitrogen and oxygen atoms in total. The smallest absolute Gasteiger partial charge is 0.317 e. The van der Waals surface area contributed by atoms with Crippen molar-refractivity contribution in [3.05, 3.63) is 82.9 Å². The number of fused-ring (bicyclic) bond motifs is 1. The number of halogens is 1. The first-order chi connectivity index (χ1) is 13.0. The molecule has 0 heterocycles. The molecule has 0 bridgehead atoms. The fourth-order valence-electron chi connectivity index (χ4n) is 3.32. The molecule has 3 aromatic carbocycles. The van der Waals surface area contributed by atoms with Crippen LogP contribution in [0.4, 0.5) is 0 Å². The minimum Gasteiger partial charge on any atom is -0.460 e. The van der Waals surface area contributed by atoms with Gasteiger partial charge in [0.25, 0.3) is 0 Å². The summed E-state index contributed by atoms with van der Waals surface area (Å²) in [6, 6.07) is 21.0. The van der Waals surface area contributed by atoms with E-state index in [0.29, 0.717) is 5.02 Å². The predicted octanol–water partition coefficient (Wildman–Crippen LogP) is 5.55. The Bertz CT molecular complexity index is 966. The second-order valence-corrected chi connectivity index (χ2v) is 7.04. The van der Waals surface area contributed by atoms with Crippen LogP contribution in [-0.2, 0) is 20.9 Å². The maximum atomic E-state index is 12.7. The Hall–Kier alpha value is -2.65. The fraction of sp³-hybridized carbons (Fsp3) is 0.217. The molecular weight excluding hydrogens is 360 g/mol. The van der Waals surface area contributed by atoms with E-state index in [0.717, 1.165) is 21.9 Å². The SMILES string of the molecule is CC(=O)C(C(=O)OCc1ccccc1)C(C)c1ccc2ccccc2c1Cl. The van der Waals surface area contributed by atoms with Gasteiger partial charge in [-0.2, -0.15) is 0 Å². The predicted molar refractivity (Wildman–Crippen MR) is 108 cm³/mol. The molecule has 3 aromatic rings. The van der Waals surface area contributed by atoms with Crippen molar-refractivity contribution in [2.45, 2.75) is 26.4 Å². The maximum absolute atomic E-state index is 12.7. The minimum absolute atomic E-state index is 0.141. The molecule has 4 heteroatoms. The molecule has 0 aliphatic rings. The summed E-state index contributed by atoms with van der Waals surface area (Å²) < 4.78 is 5.42. The van der Waals surface area contributed by atoms with Gasteiger partial charge in [-0.05, 0) is 23.4 Å². The molecule has 3 rings (SSSR count). The number of esters is 1. The number of ketones is 1. The lowest BCUT2D eigenvalue weighted by Crippen LogP contribution is -2.29. The molecule has 0 fully saturated rings. The molecule has 138 valence electrons. The molecule has 0 N–H and O–H groups in total. The molecule has 0 radical (unpaired) electrons. The number of Topliss-reactive ketones (excluding diaryl/α,β-unsaturated/α-hetero) is 1. The van der Waals surface area contributed by atoms with Crippen LogP contribution in [0.15, 0.2) is 66.7 Å². The van der Waals surface area contributed by atoms with E-state index >= 15 is 0 Å². The summed E-state index contributed by atoms with van der Waals surface area (Å²) in [5.74, 6) is -2.04. The minimum atomic E-state index is -0.896. The zero-order valence-electron chi connectivity index (χ0n) is 15.3. The lowest BCUT2D eigenvalue weighted by molar-refractivity contribution is -0.153. The van der Waals surface area contributed by atoms with Crippen molar-refractivity contribution in [3.8, 4) is 0 Å². The molecule has 0 aromatic heterocycles. The summed E-state index contributed by atoms with van der Waals surface area (Å²) in [6.07, 6.45) is 0. The van der Waals surface area contributed by atoms with E-state index < -0.39 is 11.9 Å². The van der Waals surface area contributed by atoms with Crippen molar-refractivity contribution in [2.24, 2.45) is 5.92 Å². The molecule has 0 spiro atoms. The van der Waals surface area contributed by atoms with Crippen LogP contribution in [0, 0.1) is 5.92 Å². The Kier molecular flexibility index (Phi) is 5.92. The van der Waals surface area contributed by atoms with Crippen LogP contribution in [0.1, 0.15) is 30.9 Å². The van der Waals surface area contributed by atoms with Gasteiger partial charge in [0.15, 0.2) is 0 Å². The van der Waals surface area contributed by atoms with E-state index in [9.17, 15) is 9.59 Å². The monoisotopic (exact) mass is 380 g/mol. The van der Waals surface area contributed by atoms with Crippen molar-refractivity contribution in [2.75, 3.05) is 0 Å². The summed E-state index contributed by atoms with van der Waals surface area (Å²) in [5.41, 5.74) is 1.65. The van der Waals surface area contributed by atoms with Gasteiger partial charge < -0.3 is 4.74 Å². The van der Waals surface area contributed by atoms with E-state index in [4.69, 9.17) is 16.3 Å². The number of benzene rings is 3. The molecule has 2 atom stereocenters. The van der Waals surface area contributed by atoms with Crippen LogP contribution in [0.3, 0.4) is 0 Å². The van der Waals surface area contributed by atoms with E-state index in [1.54, 1.807) is 0 Å². The maximum Gasteiger partial charge on any atom is 0.317 e. The van der Waals surface area contributed by atoms with Crippen molar-refractivity contribution in [1.29, 1.82) is 0 Å². The quantitative estimate of drug-likeness (QED) is 0.416. The first-order valence-corrected chi connectivity index (χ1v) is 9.25. The van der Waals surface area contributed by atoms with Crippen molar-refractivity contribution in [3.63, 3.8) is 0 Å². The summed E-state index contributed by atoms with van der Waals surface area (Å²) in [5, 5.41) is 2.50. The molecule has 0 saturated heterocycles. The number of hydrogen-bond acceptors (Lipinski definition) is 3. The molecule has 27 heavy (non-hydrogen) atoms. The van der Waals surface area contributed by atoms with Gasteiger partial charge in [-0.15, -0.1) is 0 Å². The third-order valence-electron chi connectivity index (χ3n) is 4.80. The topological polar surface area (TPSA) is 43.4 Å². The zero-order valence-corrected chi connectivity index (χ0v) is 16.1. The Morgan fingerprint density at radius 1 is 0.963 bits per heavy atom. The third-order valence-corrected chi connectivity index (χ3v) is 5.22.